The van der Waals surface area contributed by atoms with Gasteiger partial charge in [-0.2, -0.15) is 0 Å². The summed E-state index contributed by atoms with van der Waals surface area (Å²) in [6.07, 6.45) is 0.668. The van der Waals surface area contributed by atoms with Gasteiger partial charge in [-0.05, 0) is 6.92 Å². The zero-order valence-electron chi connectivity index (χ0n) is 4.35. The quantitative estimate of drug-likeness (QED) is 0.418. The van der Waals surface area contributed by atoms with E-state index >= 15 is 0 Å². The summed E-state index contributed by atoms with van der Waals surface area (Å²) < 4.78 is 0. The Morgan fingerprint density at radius 1 is 1.86 bits per heavy atom. The van der Waals surface area contributed by atoms with Crippen molar-refractivity contribution in [3.63, 3.8) is 0 Å². The van der Waals surface area contributed by atoms with Crippen molar-refractivity contribution in [1.29, 1.82) is 0 Å². The molecule has 1 aliphatic rings. The molecule has 39 valence electrons. The summed E-state index contributed by atoms with van der Waals surface area (Å²) in [7, 11) is 0. The Labute approximate surface area is 42.9 Å². The lowest BCUT2D eigenvalue weighted by Crippen LogP contribution is -2.15. The molecule has 2 nitrogen and oxygen atoms in total. The standard InChI is InChI=1S/C5H8NO/c1-4-5(7)2-3-6-4/h4H,2-3H2,1H3. The van der Waals surface area contributed by atoms with Gasteiger partial charge in [-0.15, -0.1) is 0 Å². The number of Topliss-reactive ketones (excluding diaryl/α,β-unsaturated/α-hetero) is 1. The largest absolute Gasteiger partial charge is 0.298 e. The maximum Gasteiger partial charge on any atom is 0.152 e. The topological polar surface area (TPSA) is 31.2 Å². The first kappa shape index (κ1) is 4.78. The highest BCUT2D eigenvalue weighted by atomic mass is 16.1. The molecule has 0 aromatic rings. The van der Waals surface area contributed by atoms with Crippen molar-refractivity contribution in [2.45, 2.75) is 19.4 Å². The summed E-state index contributed by atoms with van der Waals surface area (Å²) in [5, 5.41) is 3.97. The Kier molecular flexibility index (Phi) is 1.11. The number of rotatable bonds is 0. The van der Waals surface area contributed by atoms with E-state index in [0.717, 1.165) is 6.54 Å². The van der Waals surface area contributed by atoms with Gasteiger partial charge in [-0.25, -0.2) is 5.32 Å². The highest BCUT2D eigenvalue weighted by molar-refractivity contribution is 5.85. The third-order valence-electron chi connectivity index (χ3n) is 1.23. The van der Waals surface area contributed by atoms with Crippen molar-refractivity contribution >= 4 is 5.78 Å². The molecule has 0 aromatic heterocycles. The molecule has 0 amide bonds. The second-order valence-corrected chi connectivity index (χ2v) is 1.80. The molecule has 1 heterocycles. The first-order chi connectivity index (χ1) is 3.30. The fourth-order valence-electron chi connectivity index (χ4n) is 0.679. The van der Waals surface area contributed by atoms with E-state index in [0.29, 0.717) is 12.2 Å². The van der Waals surface area contributed by atoms with Crippen LogP contribution in [0.1, 0.15) is 13.3 Å². The molecule has 2 heteroatoms. The molecule has 7 heavy (non-hydrogen) atoms. The SMILES string of the molecule is CC1[N]CCC1=O. The molecule has 0 saturated carbocycles. The minimum Gasteiger partial charge on any atom is -0.298 e. The van der Waals surface area contributed by atoms with Crippen molar-refractivity contribution in [3.05, 3.63) is 0 Å². The Morgan fingerprint density at radius 2 is 2.57 bits per heavy atom. The monoisotopic (exact) mass is 98.1 g/mol. The molecule has 1 aliphatic heterocycles. The molecule has 0 N–H and O–H groups in total. The second kappa shape index (κ2) is 1.62. The van der Waals surface area contributed by atoms with Gasteiger partial charge in [-0.3, -0.25) is 4.79 Å². The van der Waals surface area contributed by atoms with E-state index in [1.165, 1.54) is 0 Å². The van der Waals surface area contributed by atoms with Gasteiger partial charge in [0.15, 0.2) is 5.78 Å². The minimum atomic E-state index is -0.000000000000000222. The van der Waals surface area contributed by atoms with Gasteiger partial charge in [0.25, 0.3) is 0 Å². The number of nitrogens with zero attached hydrogens (tertiary/aromatic N) is 1. The van der Waals surface area contributed by atoms with E-state index in [2.05, 4.69) is 5.32 Å². The number of hydrogen-bond acceptors (Lipinski definition) is 1. The fraction of sp³-hybridized carbons (Fsp3) is 0.800. The summed E-state index contributed by atoms with van der Waals surface area (Å²) in [6, 6.07) is -0.000000000000000222. The van der Waals surface area contributed by atoms with Crippen molar-refractivity contribution < 1.29 is 4.79 Å². The molecular formula is C5H8NO. The molecule has 1 radical (unpaired) electrons. The minimum absolute atomic E-state index is 0.000000000000000222. The Hall–Kier alpha value is -0.370. The lowest BCUT2D eigenvalue weighted by Gasteiger charge is -1.91. The molecule has 1 atom stereocenters. The van der Waals surface area contributed by atoms with Crippen LogP contribution in [0.4, 0.5) is 0 Å². The Morgan fingerprint density at radius 3 is 2.71 bits per heavy atom. The normalized spacial score (nSPS) is 31.6. The molecule has 0 spiro atoms. The van der Waals surface area contributed by atoms with Crippen LogP contribution < -0.4 is 5.32 Å². The van der Waals surface area contributed by atoms with E-state index in [4.69, 9.17) is 0 Å². The van der Waals surface area contributed by atoms with E-state index in [-0.39, 0.29) is 6.04 Å². The van der Waals surface area contributed by atoms with Gasteiger partial charge in [0.05, 0.1) is 6.04 Å². The Balaban J connectivity index is 2.48. The number of carbonyl (C=O) groups excluding carboxylic acids is 1. The van der Waals surface area contributed by atoms with Crippen molar-refractivity contribution in [1.82, 2.24) is 5.32 Å². The molecule has 0 bridgehead atoms. The molecule has 0 aromatic carbocycles. The fourth-order valence-corrected chi connectivity index (χ4v) is 0.679. The second-order valence-electron chi connectivity index (χ2n) is 1.80. The molecule has 1 unspecified atom stereocenters. The third kappa shape index (κ3) is 0.800. The lowest BCUT2D eigenvalue weighted by atomic mass is 10.2. The van der Waals surface area contributed by atoms with Crippen LogP contribution in [0.25, 0.3) is 0 Å². The van der Waals surface area contributed by atoms with Gasteiger partial charge in [0, 0.05) is 13.0 Å². The lowest BCUT2D eigenvalue weighted by molar-refractivity contribution is -0.118. The number of hydrogen-bond donors (Lipinski definition) is 0. The maximum absolute atomic E-state index is 10.5. The maximum atomic E-state index is 10.5. The Bertz CT molecular complexity index is 90.1. The van der Waals surface area contributed by atoms with Crippen LogP contribution in [0.3, 0.4) is 0 Å². The zero-order chi connectivity index (χ0) is 5.28. The van der Waals surface area contributed by atoms with E-state index in [9.17, 15) is 4.79 Å². The number of ketones is 1. The van der Waals surface area contributed by atoms with Crippen LogP contribution in [0.5, 0.6) is 0 Å². The molecule has 1 saturated heterocycles. The van der Waals surface area contributed by atoms with Crippen LogP contribution >= 0.6 is 0 Å². The van der Waals surface area contributed by atoms with Gasteiger partial charge < -0.3 is 0 Å². The predicted octanol–water partition coefficient (Wildman–Crippen LogP) is -0.0479. The average Bonchev–Trinajstić information content (AvgIpc) is 1.91. The number of carbonyl (C=O) groups is 1. The van der Waals surface area contributed by atoms with E-state index in [1.54, 1.807) is 0 Å². The molecule has 1 fully saturated rings. The van der Waals surface area contributed by atoms with Crippen LogP contribution in [0, 0.1) is 0 Å². The zero-order valence-corrected chi connectivity index (χ0v) is 4.35. The van der Waals surface area contributed by atoms with Crippen molar-refractivity contribution in [3.8, 4) is 0 Å². The van der Waals surface area contributed by atoms with Crippen molar-refractivity contribution in [2.75, 3.05) is 6.54 Å². The molecular weight excluding hydrogens is 90.1 g/mol. The molecule has 0 aliphatic carbocycles. The summed E-state index contributed by atoms with van der Waals surface area (Å²) in [5.74, 6) is 0.292. The average molecular weight is 98.1 g/mol. The predicted molar refractivity (Wildman–Crippen MR) is 26.1 cm³/mol. The summed E-state index contributed by atoms with van der Waals surface area (Å²) in [6.45, 7) is 2.59. The van der Waals surface area contributed by atoms with Crippen LogP contribution in [0.15, 0.2) is 0 Å². The van der Waals surface area contributed by atoms with Gasteiger partial charge in [0.1, 0.15) is 0 Å². The van der Waals surface area contributed by atoms with Crippen LogP contribution in [0.2, 0.25) is 0 Å². The highest BCUT2D eigenvalue weighted by Gasteiger charge is 2.18. The first-order valence-electron chi connectivity index (χ1n) is 2.50. The summed E-state index contributed by atoms with van der Waals surface area (Å²) in [5.41, 5.74) is 0. The van der Waals surface area contributed by atoms with Gasteiger partial charge in [-0.1, -0.05) is 0 Å². The first-order valence-corrected chi connectivity index (χ1v) is 2.50. The summed E-state index contributed by atoms with van der Waals surface area (Å²) in [4.78, 5) is 10.5. The van der Waals surface area contributed by atoms with E-state index < -0.39 is 0 Å². The third-order valence-corrected chi connectivity index (χ3v) is 1.23. The van der Waals surface area contributed by atoms with Crippen LogP contribution in [-0.4, -0.2) is 18.4 Å². The summed E-state index contributed by atoms with van der Waals surface area (Å²) >= 11 is 0. The van der Waals surface area contributed by atoms with Gasteiger partial charge in [0.2, 0.25) is 0 Å². The van der Waals surface area contributed by atoms with Gasteiger partial charge >= 0.3 is 0 Å². The van der Waals surface area contributed by atoms with E-state index in [1.807, 2.05) is 6.92 Å². The van der Waals surface area contributed by atoms with Crippen LogP contribution in [-0.2, 0) is 4.79 Å². The van der Waals surface area contributed by atoms with Crippen molar-refractivity contribution in [2.24, 2.45) is 0 Å². The smallest absolute Gasteiger partial charge is 0.152 e. The molecule has 1 rings (SSSR count). The highest BCUT2D eigenvalue weighted by Crippen LogP contribution is 1.99.